The fraction of sp³-hybridized carbons (Fsp3) is 0.294. The molecule has 0 atom stereocenters. The Morgan fingerprint density at radius 2 is 1.67 bits per heavy atom. The highest BCUT2D eigenvalue weighted by Crippen LogP contribution is 2.23. The molecule has 1 aromatic heterocycles. The van der Waals surface area contributed by atoms with Crippen LogP contribution < -0.4 is 5.32 Å². The quantitative estimate of drug-likeness (QED) is 0.882. The van der Waals surface area contributed by atoms with E-state index in [1.807, 2.05) is 30.3 Å². The van der Waals surface area contributed by atoms with Crippen molar-refractivity contribution in [2.45, 2.75) is 6.42 Å². The number of carbonyl (C=O) groups excluding carboxylic acids is 2. The van der Waals surface area contributed by atoms with Gasteiger partial charge < -0.3 is 15.1 Å². The zero-order valence-corrected chi connectivity index (χ0v) is 14.6. The van der Waals surface area contributed by atoms with Gasteiger partial charge in [-0.1, -0.05) is 29.8 Å². The molecule has 126 valence electrons. The van der Waals surface area contributed by atoms with Crippen molar-refractivity contribution in [3.8, 4) is 0 Å². The lowest BCUT2D eigenvalue weighted by Crippen LogP contribution is -2.39. The van der Waals surface area contributed by atoms with Crippen LogP contribution in [-0.4, -0.2) is 47.9 Å². The van der Waals surface area contributed by atoms with Crippen molar-refractivity contribution in [3.05, 3.63) is 51.7 Å². The van der Waals surface area contributed by atoms with Crippen molar-refractivity contribution in [2.24, 2.45) is 0 Å². The fourth-order valence-corrected chi connectivity index (χ4v) is 3.64. The Bertz CT molecular complexity index is 720. The average molecular weight is 364 g/mol. The topological polar surface area (TPSA) is 52.7 Å². The fourth-order valence-electron chi connectivity index (χ4n) is 2.63. The molecule has 0 aliphatic carbocycles. The van der Waals surface area contributed by atoms with E-state index < -0.39 is 0 Å². The molecule has 7 heteroatoms. The zero-order chi connectivity index (χ0) is 16.9. The molecule has 0 radical (unpaired) electrons. The van der Waals surface area contributed by atoms with Crippen molar-refractivity contribution >= 4 is 40.6 Å². The first kappa shape index (κ1) is 16.8. The highest BCUT2D eigenvalue weighted by molar-refractivity contribution is 7.17. The Labute approximate surface area is 149 Å². The van der Waals surface area contributed by atoms with Crippen LogP contribution in [0.25, 0.3) is 0 Å². The van der Waals surface area contributed by atoms with Crippen LogP contribution in [-0.2, 0) is 0 Å². The second-order valence-corrected chi connectivity index (χ2v) is 7.25. The molecule has 3 rings (SSSR count). The average Bonchev–Trinajstić information content (AvgIpc) is 2.87. The third-order valence-corrected chi connectivity index (χ3v) is 5.10. The highest BCUT2D eigenvalue weighted by Gasteiger charge is 2.23. The number of urea groups is 1. The highest BCUT2D eigenvalue weighted by atomic mass is 35.5. The maximum atomic E-state index is 12.5. The minimum Gasteiger partial charge on any atom is -0.336 e. The van der Waals surface area contributed by atoms with E-state index in [1.54, 1.807) is 21.9 Å². The molecule has 5 nitrogen and oxygen atoms in total. The van der Waals surface area contributed by atoms with Crippen LogP contribution in [0.5, 0.6) is 0 Å². The molecule has 24 heavy (non-hydrogen) atoms. The molecule has 2 aromatic rings. The molecule has 1 fully saturated rings. The molecule has 0 saturated carbocycles. The maximum Gasteiger partial charge on any atom is 0.321 e. The Balaban J connectivity index is 1.58. The summed E-state index contributed by atoms with van der Waals surface area (Å²) in [5.74, 6) is -0.0165. The second kappa shape index (κ2) is 7.68. The summed E-state index contributed by atoms with van der Waals surface area (Å²) in [5, 5.41) is 2.89. The molecule has 0 bridgehead atoms. The van der Waals surface area contributed by atoms with Crippen LogP contribution in [0.3, 0.4) is 0 Å². The number of carbonyl (C=O) groups is 2. The molecular formula is C17H18ClN3O2S. The van der Waals surface area contributed by atoms with Gasteiger partial charge in [0.15, 0.2) is 0 Å². The number of para-hydroxylation sites is 1. The normalized spacial score (nSPS) is 15.0. The van der Waals surface area contributed by atoms with Gasteiger partial charge in [-0.15, -0.1) is 11.3 Å². The standard InChI is InChI=1S/C17H18ClN3O2S/c18-15-8-7-14(24-15)16(22)20-9-4-10-21(12-11-20)17(23)19-13-5-2-1-3-6-13/h1-3,5-8H,4,9-12H2,(H,19,23). The van der Waals surface area contributed by atoms with E-state index in [9.17, 15) is 9.59 Å². The van der Waals surface area contributed by atoms with Crippen LogP contribution in [0.2, 0.25) is 4.34 Å². The van der Waals surface area contributed by atoms with Crippen LogP contribution in [0.1, 0.15) is 16.1 Å². The monoisotopic (exact) mass is 363 g/mol. The molecule has 1 aliphatic heterocycles. The van der Waals surface area contributed by atoms with Crippen molar-refractivity contribution in [3.63, 3.8) is 0 Å². The largest absolute Gasteiger partial charge is 0.336 e. The van der Waals surface area contributed by atoms with E-state index in [0.29, 0.717) is 35.4 Å². The van der Waals surface area contributed by atoms with E-state index in [0.717, 1.165) is 12.1 Å². The number of hydrogen-bond acceptors (Lipinski definition) is 3. The number of nitrogens with one attached hydrogen (secondary N) is 1. The molecule has 3 amide bonds. The summed E-state index contributed by atoms with van der Waals surface area (Å²) < 4.78 is 0.608. The minimum absolute atomic E-state index is 0.0165. The summed E-state index contributed by atoms with van der Waals surface area (Å²) in [6.45, 7) is 2.32. The Kier molecular flexibility index (Phi) is 5.37. The lowest BCUT2D eigenvalue weighted by Gasteiger charge is -2.22. The molecule has 0 unspecified atom stereocenters. The SMILES string of the molecule is O=C(Nc1ccccc1)N1CCCN(C(=O)c2ccc(Cl)s2)CC1. The number of nitrogens with zero attached hydrogens (tertiary/aromatic N) is 2. The third-order valence-electron chi connectivity index (χ3n) is 3.88. The first-order chi connectivity index (χ1) is 11.6. The molecule has 1 aliphatic rings. The number of anilines is 1. The second-order valence-electron chi connectivity index (χ2n) is 5.53. The Morgan fingerprint density at radius 1 is 0.958 bits per heavy atom. The number of thiophene rings is 1. The van der Waals surface area contributed by atoms with Crippen molar-refractivity contribution < 1.29 is 9.59 Å². The van der Waals surface area contributed by atoms with Crippen LogP contribution >= 0.6 is 22.9 Å². The van der Waals surface area contributed by atoms with Crippen LogP contribution in [0.15, 0.2) is 42.5 Å². The Morgan fingerprint density at radius 3 is 2.38 bits per heavy atom. The molecule has 1 N–H and O–H groups in total. The van der Waals surface area contributed by atoms with Crippen molar-refractivity contribution in [1.29, 1.82) is 0 Å². The molecule has 1 saturated heterocycles. The van der Waals surface area contributed by atoms with Gasteiger partial charge in [-0.05, 0) is 30.7 Å². The molecule has 1 aromatic carbocycles. The van der Waals surface area contributed by atoms with Gasteiger partial charge >= 0.3 is 6.03 Å². The van der Waals surface area contributed by atoms with Gasteiger partial charge in [0.05, 0.1) is 9.21 Å². The number of amides is 3. The lowest BCUT2D eigenvalue weighted by atomic mass is 10.3. The predicted molar refractivity (Wildman–Crippen MR) is 96.9 cm³/mol. The molecule has 2 heterocycles. The number of hydrogen-bond donors (Lipinski definition) is 1. The zero-order valence-electron chi connectivity index (χ0n) is 13.1. The Hall–Kier alpha value is -2.05. The first-order valence-corrected chi connectivity index (χ1v) is 8.98. The van der Waals surface area contributed by atoms with Gasteiger partial charge in [0.2, 0.25) is 0 Å². The molecule has 0 spiro atoms. The number of benzene rings is 1. The first-order valence-electron chi connectivity index (χ1n) is 7.79. The van der Waals surface area contributed by atoms with E-state index in [1.165, 1.54) is 11.3 Å². The van der Waals surface area contributed by atoms with E-state index >= 15 is 0 Å². The summed E-state index contributed by atoms with van der Waals surface area (Å²) >= 11 is 7.19. The van der Waals surface area contributed by atoms with Crippen LogP contribution in [0, 0.1) is 0 Å². The number of rotatable bonds is 2. The molecular weight excluding hydrogens is 346 g/mol. The van der Waals surface area contributed by atoms with Gasteiger partial charge in [-0.25, -0.2) is 4.79 Å². The predicted octanol–water partition coefficient (Wildman–Crippen LogP) is 3.78. The van der Waals surface area contributed by atoms with Gasteiger partial charge in [-0.3, -0.25) is 4.79 Å². The summed E-state index contributed by atoms with van der Waals surface area (Å²) in [6.07, 6.45) is 0.757. The number of halogens is 1. The van der Waals surface area contributed by atoms with Crippen molar-refractivity contribution in [2.75, 3.05) is 31.5 Å². The van der Waals surface area contributed by atoms with E-state index in [-0.39, 0.29) is 11.9 Å². The smallest absolute Gasteiger partial charge is 0.321 e. The summed E-state index contributed by atoms with van der Waals surface area (Å²) in [5.41, 5.74) is 0.771. The maximum absolute atomic E-state index is 12.5. The lowest BCUT2D eigenvalue weighted by molar-refractivity contribution is 0.0767. The summed E-state index contributed by atoms with van der Waals surface area (Å²) in [6, 6.07) is 12.7. The van der Waals surface area contributed by atoms with E-state index in [2.05, 4.69) is 5.32 Å². The third kappa shape index (κ3) is 4.07. The van der Waals surface area contributed by atoms with E-state index in [4.69, 9.17) is 11.6 Å². The summed E-state index contributed by atoms with van der Waals surface area (Å²) in [7, 11) is 0. The van der Waals surface area contributed by atoms with Gasteiger partial charge in [0, 0.05) is 31.9 Å². The summed E-state index contributed by atoms with van der Waals surface area (Å²) in [4.78, 5) is 29.0. The van der Waals surface area contributed by atoms with Crippen LogP contribution in [0.4, 0.5) is 10.5 Å². The van der Waals surface area contributed by atoms with Gasteiger partial charge in [-0.2, -0.15) is 0 Å². The minimum atomic E-state index is -0.130. The van der Waals surface area contributed by atoms with Gasteiger partial charge in [0.1, 0.15) is 0 Å². The van der Waals surface area contributed by atoms with Crippen molar-refractivity contribution in [1.82, 2.24) is 9.80 Å². The van der Waals surface area contributed by atoms with Gasteiger partial charge in [0.25, 0.3) is 5.91 Å².